The molecule has 0 saturated carbocycles. The van der Waals surface area contributed by atoms with Crippen LogP contribution in [0.2, 0.25) is 25.7 Å². The lowest BCUT2D eigenvalue weighted by Gasteiger charge is -2.32. The van der Waals surface area contributed by atoms with Gasteiger partial charge in [-0.15, -0.1) is 0 Å². The predicted molar refractivity (Wildman–Crippen MR) is 154 cm³/mol. The highest BCUT2D eigenvalue weighted by atomic mass is 28.3. The Hall–Kier alpha value is -3.57. The van der Waals surface area contributed by atoms with Gasteiger partial charge in [0.1, 0.15) is 12.4 Å². The Morgan fingerprint density at radius 1 is 1.05 bits per heavy atom. The van der Waals surface area contributed by atoms with E-state index in [2.05, 4.69) is 19.6 Å². The molecule has 1 amide bonds. The standard InChI is InChI=1S/C28H36N4O6Si/c1-36-23-14-20-21(15-24(23)37-2)27(33)32(18-6-9-30(10-7-18)28(34)35)25-19-8-11-31(26(19)29-16-22(20)25)17-38-12-13-39(3,4)5/h8,11,14-16,18H,6-7,9-10,12-13,17H2,1-5H3,(H,34,35). The molecule has 0 aliphatic carbocycles. The molecular formula is C28H36N4O6Si. The largest absolute Gasteiger partial charge is 0.493 e. The summed E-state index contributed by atoms with van der Waals surface area (Å²) in [5, 5.41) is 12.4. The Labute approximate surface area is 227 Å². The van der Waals surface area contributed by atoms with Gasteiger partial charge in [-0.1, -0.05) is 19.6 Å². The first-order valence-corrected chi connectivity index (χ1v) is 17.0. The van der Waals surface area contributed by atoms with Gasteiger partial charge in [-0.05, 0) is 37.1 Å². The van der Waals surface area contributed by atoms with Gasteiger partial charge >= 0.3 is 6.09 Å². The Morgan fingerprint density at radius 3 is 2.33 bits per heavy atom. The molecule has 4 heterocycles. The van der Waals surface area contributed by atoms with Crippen molar-refractivity contribution in [3.63, 3.8) is 0 Å². The molecule has 5 rings (SSSR count). The second-order valence-electron chi connectivity index (χ2n) is 11.3. The number of carbonyl (C=O) groups is 1. The number of hydrogen-bond donors (Lipinski definition) is 1. The lowest BCUT2D eigenvalue weighted by atomic mass is 10.0. The van der Waals surface area contributed by atoms with E-state index in [1.807, 2.05) is 33.7 Å². The number of aromatic nitrogens is 3. The van der Waals surface area contributed by atoms with Crippen molar-refractivity contribution in [1.29, 1.82) is 0 Å². The van der Waals surface area contributed by atoms with Gasteiger partial charge < -0.3 is 33.4 Å². The fourth-order valence-electron chi connectivity index (χ4n) is 5.40. The van der Waals surface area contributed by atoms with Crippen LogP contribution in [0.1, 0.15) is 18.9 Å². The summed E-state index contributed by atoms with van der Waals surface area (Å²) in [4.78, 5) is 31.9. The number of nitrogens with zero attached hydrogens (tertiary/aromatic N) is 4. The summed E-state index contributed by atoms with van der Waals surface area (Å²) < 4.78 is 20.9. The Balaban J connectivity index is 1.68. The maximum atomic E-state index is 14.2. The predicted octanol–water partition coefficient (Wildman–Crippen LogP) is 5.15. The van der Waals surface area contributed by atoms with E-state index in [9.17, 15) is 14.7 Å². The van der Waals surface area contributed by atoms with Gasteiger partial charge in [-0.2, -0.15) is 0 Å². The molecule has 0 radical (unpaired) electrons. The molecule has 3 aromatic heterocycles. The lowest BCUT2D eigenvalue weighted by molar-refractivity contribution is 0.0899. The molecule has 10 nitrogen and oxygen atoms in total. The van der Waals surface area contributed by atoms with Gasteiger partial charge in [0.05, 0.1) is 25.1 Å². The molecule has 1 aromatic carbocycles. The molecule has 0 spiro atoms. The van der Waals surface area contributed by atoms with Crippen LogP contribution in [0.5, 0.6) is 11.5 Å². The SMILES string of the molecule is COc1cc2c(=O)n(C3CCN(C(=O)O)CC3)c3c(cnc4c3ccn4COCC[Si](C)(C)C)c2cc1OC. The maximum Gasteiger partial charge on any atom is 0.407 e. The van der Waals surface area contributed by atoms with Crippen molar-refractivity contribution in [2.24, 2.45) is 0 Å². The van der Waals surface area contributed by atoms with Crippen LogP contribution in [0, 0.1) is 0 Å². The molecule has 1 aliphatic heterocycles. The topological polar surface area (TPSA) is 108 Å². The average molecular weight is 553 g/mol. The number of ether oxygens (including phenoxy) is 3. The first-order chi connectivity index (χ1) is 18.6. The van der Waals surface area contributed by atoms with E-state index in [0.29, 0.717) is 56.2 Å². The van der Waals surface area contributed by atoms with Crippen LogP contribution in [0.15, 0.2) is 35.4 Å². The molecule has 39 heavy (non-hydrogen) atoms. The van der Waals surface area contributed by atoms with E-state index >= 15 is 0 Å². The second kappa shape index (κ2) is 10.5. The van der Waals surface area contributed by atoms with Gasteiger partial charge in [0.25, 0.3) is 5.56 Å². The summed E-state index contributed by atoms with van der Waals surface area (Å²) in [6, 6.07) is 6.46. The number of carboxylic acid groups (broad SMARTS) is 1. The van der Waals surface area contributed by atoms with Crippen LogP contribution >= 0.6 is 0 Å². The van der Waals surface area contributed by atoms with Crippen molar-refractivity contribution in [2.45, 2.75) is 51.3 Å². The van der Waals surface area contributed by atoms with Gasteiger partial charge in [0.15, 0.2) is 11.5 Å². The maximum absolute atomic E-state index is 14.2. The third-order valence-corrected chi connectivity index (χ3v) is 9.30. The molecule has 0 atom stereocenters. The van der Waals surface area contributed by atoms with Gasteiger partial charge in [0, 0.05) is 62.4 Å². The molecule has 1 fully saturated rings. The van der Waals surface area contributed by atoms with E-state index in [1.165, 1.54) is 4.90 Å². The summed E-state index contributed by atoms with van der Waals surface area (Å²) in [6.45, 7) is 8.79. The zero-order valence-electron chi connectivity index (χ0n) is 23.2. The first-order valence-electron chi connectivity index (χ1n) is 13.3. The van der Waals surface area contributed by atoms with Crippen LogP contribution in [0.4, 0.5) is 4.79 Å². The van der Waals surface area contributed by atoms with Crippen LogP contribution < -0.4 is 15.0 Å². The summed E-state index contributed by atoms with van der Waals surface area (Å²) in [7, 11) is 1.91. The number of piperidine rings is 1. The fraction of sp³-hybridized carbons (Fsp3) is 0.464. The first kappa shape index (κ1) is 27.0. The second-order valence-corrected chi connectivity index (χ2v) is 16.9. The minimum Gasteiger partial charge on any atom is -0.493 e. The minimum atomic E-state index is -1.20. The summed E-state index contributed by atoms with van der Waals surface area (Å²) in [5.41, 5.74) is 1.39. The van der Waals surface area contributed by atoms with E-state index < -0.39 is 14.2 Å². The molecule has 208 valence electrons. The number of pyridine rings is 2. The summed E-state index contributed by atoms with van der Waals surface area (Å²) >= 11 is 0. The number of methoxy groups -OCH3 is 2. The number of hydrogen-bond acceptors (Lipinski definition) is 6. The molecule has 1 aliphatic rings. The zero-order chi connectivity index (χ0) is 27.9. The van der Waals surface area contributed by atoms with Crippen molar-refractivity contribution >= 4 is 46.9 Å². The Kier molecular flexibility index (Phi) is 7.30. The third kappa shape index (κ3) is 5.08. The van der Waals surface area contributed by atoms with Crippen molar-refractivity contribution in [2.75, 3.05) is 33.9 Å². The van der Waals surface area contributed by atoms with Crippen molar-refractivity contribution in [3.05, 3.63) is 40.9 Å². The number of amides is 1. The smallest absolute Gasteiger partial charge is 0.407 e. The molecule has 1 saturated heterocycles. The molecule has 11 heteroatoms. The molecule has 0 bridgehead atoms. The number of likely N-dealkylation sites (tertiary alicyclic amines) is 1. The van der Waals surface area contributed by atoms with Crippen molar-refractivity contribution < 1.29 is 24.1 Å². The number of rotatable bonds is 8. The molecule has 0 unspecified atom stereocenters. The van der Waals surface area contributed by atoms with Crippen LogP contribution in [0.3, 0.4) is 0 Å². The molecule has 1 N–H and O–H groups in total. The van der Waals surface area contributed by atoms with Gasteiger partial charge in [0.2, 0.25) is 0 Å². The fourth-order valence-corrected chi connectivity index (χ4v) is 6.16. The monoisotopic (exact) mass is 552 g/mol. The van der Waals surface area contributed by atoms with E-state index in [4.69, 9.17) is 19.2 Å². The van der Waals surface area contributed by atoms with Gasteiger partial charge in [-0.25, -0.2) is 9.78 Å². The molecule has 4 aromatic rings. The van der Waals surface area contributed by atoms with Crippen molar-refractivity contribution in [1.82, 2.24) is 19.0 Å². The Bertz CT molecular complexity index is 1600. The highest BCUT2D eigenvalue weighted by Gasteiger charge is 2.28. The van der Waals surface area contributed by atoms with Crippen LogP contribution in [0.25, 0.3) is 32.7 Å². The van der Waals surface area contributed by atoms with Gasteiger partial charge in [-0.3, -0.25) is 4.79 Å². The van der Waals surface area contributed by atoms with E-state index in [1.54, 1.807) is 20.3 Å². The third-order valence-electron chi connectivity index (χ3n) is 7.59. The van der Waals surface area contributed by atoms with E-state index in [0.717, 1.165) is 33.4 Å². The highest BCUT2D eigenvalue weighted by molar-refractivity contribution is 6.76. The minimum absolute atomic E-state index is 0.140. The quantitative estimate of drug-likeness (QED) is 0.183. The molecular weight excluding hydrogens is 516 g/mol. The van der Waals surface area contributed by atoms with E-state index in [-0.39, 0.29) is 11.6 Å². The summed E-state index contributed by atoms with van der Waals surface area (Å²) in [5.74, 6) is 1.01. The van der Waals surface area contributed by atoms with Crippen LogP contribution in [-0.4, -0.2) is 72.2 Å². The number of fused-ring (bicyclic) bond motifs is 5. The Morgan fingerprint density at radius 2 is 1.72 bits per heavy atom. The average Bonchev–Trinajstić information content (AvgIpc) is 3.33. The van der Waals surface area contributed by atoms with Crippen molar-refractivity contribution in [3.8, 4) is 11.5 Å². The summed E-state index contributed by atoms with van der Waals surface area (Å²) in [6.07, 6.45) is 3.92. The normalized spacial score (nSPS) is 14.9. The zero-order valence-corrected chi connectivity index (χ0v) is 24.2. The van der Waals surface area contributed by atoms with Crippen LogP contribution in [-0.2, 0) is 11.5 Å². The lowest BCUT2D eigenvalue weighted by Crippen LogP contribution is -2.40. The number of benzene rings is 1. The highest BCUT2D eigenvalue weighted by Crippen LogP contribution is 2.37.